The Morgan fingerprint density at radius 3 is 2.38 bits per heavy atom. The summed E-state index contributed by atoms with van der Waals surface area (Å²) in [5.41, 5.74) is -0.520. The molecule has 0 saturated heterocycles. The Kier molecular flexibility index (Phi) is 3.65. The third-order valence-electron chi connectivity index (χ3n) is 3.38. The molecule has 0 aromatic heterocycles. The van der Waals surface area contributed by atoms with Crippen molar-refractivity contribution in [3.05, 3.63) is 34.1 Å². The summed E-state index contributed by atoms with van der Waals surface area (Å²) in [5.74, 6) is -0.313. The van der Waals surface area contributed by atoms with Gasteiger partial charge < -0.3 is 5.11 Å². The lowest BCUT2D eigenvalue weighted by Gasteiger charge is -2.27. The Bertz CT molecular complexity index is 370. The van der Waals surface area contributed by atoms with E-state index in [-0.39, 0.29) is 5.82 Å². The van der Waals surface area contributed by atoms with Crippen LogP contribution in [-0.4, -0.2) is 5.11 Å². The smallest absolute Gasteiger partial charge is 0.143 e. The van der Waals surface area contributed by atoms with Crippen LogP contribution in [0.2, 0.25) is 0 Å². The number of halogens is 2. The van der Waals surface area contributed by atoms with Gasteiger partial charge in [-0.15, -0.1) is 0 Å². The molecule has 2 rings (SSSR count). The van der Waals surface area contributed by atoms with Gasteiger partial charge >= 0.3 is 0 Å². The minimum atomic E-state index is -0.968. The molecule has 0 amide bonds. The second-order valence-electron chi connectivity index (χ2n) is 4.55. The van der Waals surface area contributed by atoms with Crippen molar-refractivity contribution >= 4 is 15.9 Å². The van der Waals surface area contributed by atoms with Crippen molar-refractivity contribution in [3.8, 4) is 0 Å². The highest BCUT2D eigenvalue weighted by atomic mass is 79.9. The average Bonchev–Trinajstić information content (AvgIpc) is 2.48. The van der Waals surface area contributed by atoms with E-state index in [2.05, 4.69) is 15.9 Å². The molecule has 1 saturated carbocycles. The Morgan fingerprint density at radius 1 is 1.12 bits per heavy atom. The highest BCUT2D eigenvalue weighted by Crippen LogP contribution is 2.38. The molecule has 0 atom stereocenters. The van der Waals surface area contributed by atoms with Crippen LogP contribution in [0.3, 0.4) is 0 Å². The minimum Gasteiger partial charge on any atom is -0.385 e. The molecule has 1 aliphatic carbocycles. The van der Waals surface area contributed by atoms with E-state index >= 15 is 0 Å². The molecule has 1 fully saturated rings. The zero-order valence-electron chi connectivity index (χ0n) is 9.18. The molecule has 1 nitrogen and oxygen atoms in total. The van der Waals surface area contributed by atoms with Crippen LogP contribution in [0.5, 0.6) is 0 Å². The van der Waals surface area contributed by atoms with Crippen LogP contribution in [0.1, 0.15) is 44.1 Å². The lowest BCUT2D eigenvalue weighted by Crippen LogP contribution is -2.26. The number of hydrogen-bond acceptors (Lipinski definition) is 1. The Morgan fingerprint density at radius 2 is 1.75 bits per heavy atom. The summed E-state index contributed by atoms with van der Waals surface area (Å²) in [7, 11) is 0. The molecule has 0 aliphatic heterocycles. The summed E-state index contributed by atoms with van der Waals surface area (Å²) in [6.07, 6.45) is 5.56. The number of rotatable bonds is 1. The fourth-order valence-electron chi connectivity index (χ4n) is 2.45. The first-order valence-corrected chi connectivity index (χ1v) is 6.60. The second kappa shape index (κ2) is 4.84. The highest BCUT2D eigenvalue weighted by Gasteiger charge is 2.32. The van der Waals surface area contributed by atoms with Crippen LogP contribution in [0.15, 0.2) is 22.7 Å². The molecule has 1 N–H and O–H groups in total. The van der Waals surface area contributed by atoms with Gasteiger partial charge in [0, 0.05) is 5.56 Å². The maximum absolute atomic E-state index is 14.0. The van der Waals surface area contributed by atoms with E-state index < -0.39 is 5.60 Å². The van der Waals surface area contributed by atoms with Crippen molar-refractivity contribution in [2.24, 2.45) is 0 Å². The van der Waals surface area contributed by atoms with E-state index in [4.69, 9.17) is 0 Å². The van der Waals surface area contributed by atoms with E-state index in [0.29, 0.717) is 22.9 Å². The van der Waals surface area contributed by atoms with Crippen molar-refractivity contribution < 1.29 is 9.50 Å². The maximum Gasteiger partial charge on any atom is 0.143 e. The molecule has 0 spiro atoms. The van der Waals surface area contributed by atoms with Crippen LogP contribution in [0.4, 0.5) is 4.39 Å². The predicted molar refractivity (Wildman–Crippen MR) is 65.7 cm³/mol. The SMILES string of the molecule is OC1(c2cccc(Br)c2F)CCCCCC1. The lowest BCUT2D eigenvalue weighted by molar-refractivity contribution is 0.0172. The second-order valence-corrected chi connectivity index (χ2v) is 5.40. The summed E-state index contributed by atoms with van der Waals surface area (Å²) in [6.45, 7) is 0. The zero-order chi connectivity index (χ0) is 11.6. The van der Waals surface area contributed by atoms with Gasteiger partial charge in [-0.25, -0.2) is 4.39 Å². The van der Waals surface area contributed by atoms with Gasteiger partial charge in [0.15, 0.2) is 0 Å². The van der Waals surface area contributed by atoms with Gasteiger partial charge in [-0.3, -0.25) is 0 Å². The lowest BCUT2D eigenvalue weighted by atomic mass is 9.86. The number of hydrogen-bond donors (Lipinski definition) is 1. The van der Waals surface area contributed by atoms with Gasteiger partial charge in [-0.05, 0) is 34.8 Å². The largest absolute Gasteiger partial charge is 0.385 e. The van der Waals surface area contributed by atoms with Crippen LogP contribution in [0, 0.1) is 5.82 Å². The van der Waals surface area contributed by atoms with E-state index in [1.165, 1.54) is 0 Å². The zero-order valence-corrected chi connectivity index (χ0v) is 10.8. The fourth-order valence-corrected chi connectivity index (χ4v) is 2.81. The minimum absolute atomic E-state index is 0.313. The van der Waals surface area contributed by atoms with Crippen molar-refractivity contribution in [3.63, 3.8) is 0 Å². The van der Waals surface area contributed by atoms with E-state index in [0.717, 1.165) is 25.7 Å². The summed E-state index contributed by atoms with van der Waals surface area (Å²) in [4.78, 5) is 0. The first kappa shape index (κ1) is 12.1. The van der Waals surface area contributed by atoms with E-state index in [1.54, 1.807) is 18.2 Å². The Labute approximate surface area is 104 Å². The highest BCUT2D eigenvalue weighted by molar-refractivity contribution is 9.10. The maximum atomic E-state index is 14.0. The number of aliphatic hydroxyl groups is 1. The quantitative estimate of drug-likeness (QED) is 0.770. The van der Waals surface area contributed by atoms with Crippen molar-refractivity contribution in [1.29, 1.82) is 0 Å². The molecule has 1 aromatic rings. The molecule has 88 valence electrons. The average molecular weight is 287 g/mol. The molecular weight excluding hydrogens is 271 g/mol. The molecule has 1 aliphatic rings. The van der Waals surface area contributed by atoms with Crippen molar-refractivity contribution in [1.82, 2.24) is 0 Å². The van der Waals surface area contributed by atoms with Crippen LogP contribution in [-0.2, 0) is 5.60 Å². The van der Waals surface area contributed by atoms with E-state index in [9.17, 15) is 9.50 Å². The van der Waals surface area contributed by atoms with Gasteiger partial charge in [0.1, 0.15) is 5.82 Å². The molecule has 0 heterocycles. The van der Waals surface area contributed by atoms with Gasteiger partial charge in [-0.1, -0.05) is 37.8 Å². The van der Waals surface area contributed by atoms with Gasteiger partial charge in [0.05, 0.1) is 10.1 Å². The van der Waals surface area contributed by atoms with Gasteiger partial charge in [0.25, 0.3) is 0 Å². The van der Waals surface area contributed by atoms with Gasteiger partial charge in [0.2, 0.25) is 0 Å². The van der Waals surface area contributed by atoms with E-state index in [1.807, 2.05) is 0 Å². The molecule has 1 aromatic carbocycles. The molecule has 16 heavy (non-hydrogen) atoms. The molecule has 0 bridgehead atoms. The monoisotopic (exact) mass is 286 g/mol. The molecular formula is C13H16BrFO. The fraction of sp³-hybridized carbons (Fsp3) is 0.538. The summed E-state index contributed by atoms with van der Waals surface area (Å²) in [6, 6.07) is 5.15. The van der Waals surface area contributed by atoms with Gasteiger partial charge in [-0.2, -0.15) is 0 Å². The summed E-state index contributed by atoms with van der Waals surface area (Å²) in [5, 5.41) is 10.6. The third-order valence-corrected chi connectivity index (χ3v) is 4.00. The first-order valence-electron chi connectivity index (χ1n) is 5.80. The molecule has 3 heteroatoms. The summed E-state index contributed by atoms with van der Waals surface area (Å²) < 4.78 is 14.4. The van der Waals surface area contributed by atoms with Crippen molar-refractivity contribution in [2.45, 2.75) is 44.1 Å². The van der Waals surface area contributed by atoms with Crippen LogP contribution >= 0.6 is 15.9 Å². The number of benzene rings is 1. The van der Waals surface area contributed by atoms with Crippen LogP contribution in [0.25, 0.3) is 0 Å². The molecule has 0 radical (unpaired) electrons. The standard InChI is InChI=1S/C13H16BrFO/c14-11-7-5-6-10(12(11)15)13(16)8-3-1-2-4-9-13/h5-7,16H,1-4,8-9H2. The normalized spacial score (nSPS) is 20.4. The third kappa shape index (κ3) is 2.30. The first-order chi connectivity index (χ1) is 7.63. The Hall–Kier alpha value is -0.410. The topological polar surface area (TPSA) is 20.2 Å². The summed E-state index contributed by atoms with van der Waals surface area (Å²) >= 11 is 3.17. The van der Waals surface area contributed by atoms with Crippen LogP contribution < -0.4 is 0 Å². The Balaban J connectivity index is 2.37. The van der Waals surface area contributed by atoms with Crippen molar-refractivity contribution in [2.75, 3.05) is 0 Å². The molecule has 0 unspecified atom stereocenters. The predicted octanol–water partition coefficient (Wildman–Crippen LogP) is 4.13.